The van der Waals surface area contributed by atoms with Gasteiger partial charge in [0, 0.05) is 18.0 Å². The lowest BCUT2D eigenvalue weighted by Gasteiger charge is -2.16. The molecule has 25 heavy (non-hydrogen) atoms. The normalized spacial score (nSPS) is 17.6. The first-order chi connectivity index (χ1) is 12.1. The van der Waals surface area contributed by atoms with Gasteiger partial charge in [0.05, 0.1) is 23.9 Å². The fourth-order valence-electron chi connectivity index (χ4n) is 3.11. The first kappa shape index (κ1) is 15.8. The fourth-order valence-corrected chi connectivity index (χ4v) is 3.11. The molecular formula is C18H20FN5O. The highest BCUT2D eigenvalue weighted by Crippen LogP contribution is 2.30. The number of alkyl halides is 1. The molecule has 1 unspecified atom stereocenters. The number of H-pyrrole nitrogens is 1. The molecule has 3 aromatic rings. The van der Waals surface area contributed by atoms with Crippen LogP contribution >= 0.6 is 0 Å². The first-order valence-corrected chi connectivity index (χ1v) is 8.46. The summed E-state index contributed by atoms with van der Waals surface area (Å²) < 4.78 is 19.2. The zero-order valence-electron chi connectivity index (χ0n) is 14.2. The summed E-state index contributed by atoms with van der Waals surface area (Å²) in [5.41, 5.74) is 2.36. The van der Waals surface area contributed by atoms with Crippen LogP contribution in [0.25, 0.3) is 22.3 Å². The quantitative estimate of drug-likeness (QED) is 0.788. The molecule has 1 aliphatic rings. The van der Waals surface area contributed by atoms with Crippen LogP contribution in [0.5, 0.6) is 5.75 Å². The van der Waals surface area contributed by atoms with Crippen molar-refractivity contribution in [3.8, 4) is 17.1 Å². The first-order valence-electron chi connectivity index (χ1n) is 8.46. The minimum Gasteiger partial charge on any atom is -0.491 e. The Bertz CT molecular complexity index is 894. The largest absolute Gasteiger partial charge is 0.491 e. The molecule has 1 N–H and O–H groups in total. The lowest BCUT2D eigenvalue weighted by molar-refractivity contribution is 0.243. The van der Waals surface area contributed by atoms with Crippen LogP contribution in [0, 0.1) is 0 Å². The van der Waals surface area contributed by atoms with E-state index in [0.717, 1.165) is 28.2 Å². The third kappa shape index (κ3) is 3.14. The smallest absolute Gasteiger partial charge is 0.132 e. The summed E-state index contributed by atoms with van der Waals surface area (Å²) in [7, 11) is 0. The lowest BCUT2D eigenvalue weighted by Crippen LogP contribution is -2.21. The van der Waals surface area contributed by atoms with Gasteiger partial charge in [0.15, 0.2) is 0 Å². The van der Waals surface area contributed by atoms with Crippen LogP contribution in [0.3, 0.4) is 0 Å². The van der Waals surface area contributed by atoms with E-state index in [1.165, 1.54) is 6.33 Å². The molecule has 1 aromatic carbocycles. The van der Waals surface area contributed by atoms with E-state index in [-0.39, 0.29) is 6.10 Å². The third-order valence-corrected chi connectivity index (χ3v) is 4.26. The number of hydrogen-bond acceptors (Lipinski definition) is 5. The highest BCUT2D eigenvalue weighted by molar-refractivity contribution is 5.93. The van der Waals surface area contributed by atoms with Crippen molar-refractivity contribution in [1.82, 2.24) is 20.2 Å². The van der Waals surface area contributed by atoms with Gasteiger partial charge in [0.2, 0.25) is 0 Å². The van der Waals surface area contributed by atoms with Gasteiger partial charge in [0.1, 0.15) is 29.8 Å². The molecule has 1 aliphatic heterocycles. The number of halogens is 1. The minimum atomic E-state index is -0.791. The summed E-state index contributed by atoms with van der Waals surface area (Å²) in [6.45, 7) is 5.03. The van der Waals surface area contributed by atoms with Crippen molar-refractivity contribution in [1.29, 1.82) is 0 Å². The van der Waals surface area contributed by atoms with Crippen LogP contribution in [0.4, 0.5) is 10.2 Å². The summed E-state index contributed by atoms with van der Waals surface area (Å²) in [6, 6.07) is 7.69. The second kappa shape index (κ2) is 6.31. The molecule has 0 aliphatic carbocycles. The van der Waals surface area contributed by atoms with Crippen molar-refractivity contribution < 1.29 is 9.13 Å². The zero-order valence-corrected chi connectivity index (χ0v) is 14.2. The standard InChI is InChI=1S/C18H20FN5O/c1-11(2)25-13-3-4-15-14(7-13)18(23-22-15)16-8-17(21-10-20-16)24-6-5-12(19)9-24/h3-4,7-8,10-12H,5-6,9H2,1-2H3,(H,22,23). The molecule has 0 bridgehead atoms. The number of nitrogens with one attached hydrogen (secondary N) is 1. The van der Waals surface area contributed by atoms with E-state index in [2.05, 4.69) is 20.2 Å². The molecule has 0 radical (unpaired) electrons. The SMILES string of the molecule is CC(C)Oc1ccc2[nH]nc(-c3cc(N4CCC(F)C4)ncn3)c2c1. The molecule has 4 rings (SSSR count). The van der Waals surface area contributed by atoms with Crippen LogP contribution in [0.1, 0.15) is 20.3 Å². The van der Waals surface area contributed by atoms with Crippen molar-refractivity contribution in [3.63, 3.8) is 0 Å². The van der Waals surface area contributed by atoms with E-state index in [1.807, 2.05) is 43.0 Å². The summed E-state index contributed by atoms with van der Waals surface area (Å²) in [5, 5.41) is 8.37. The monoisotopic (exact) mass is 341 g/mol. The molecule has 7 heteroatoms. The number of rotatable bonds is 4. The second-order valence-corrected chi connectivity index (χ2v) is 6.54. The molecule has 0 spiro atoms. The second-order valence-electron chi connectivity index (χ2n) is 6.54. The number of aromatic nitrogens is 4. The van der Waals surface area contributed by atoms with Gasteiger partial charge in [-0.15, -0.1) is 0 Å². The van der Waals surface area contributed by atoms with Crippen molar-refractivity contribution in [2.45, 2.75) is 32.5 Å². The summed E-state index contributed by atoms with van der Waals surface area (Å²) >= 11 is 0. The number of benzene rings is 1. The average Bonchev–Trinajstić information content (AvgIpc) is 3.20. The van der Waals surface area contributed by atoms with Crippen molar-refractivity contribution in [3.05, 3.63) is 30.6 Å². The molecular weight excluding hydrogens is 321 g/mol. The van der Waals surface area contributed by atoms with Gasteiger partial charge in [-0.25, -0.2) is 14.4 Å². The molecule has 1 fully saturated rings. The van der Waals surface area contributed by atoms with Gasteiger partial charge in [-0.2, -0.15) is 5.10 Å². The Morgan fingerprint density at radius 1 is 1.28 bits per heavy atom. The lowest BCUT2D eigenvalue weighted by atomic mass is 10.1. The minimum absolute atomic E-state index is 0.0993. The molecule has 0 saturated carbocycles. The Kier molecular flexibility index (Phi) is 3.99. The molecule has 1 saturated heterocycles. The third-order valence-electron chi connectivity index (χ3n) is 4.26. The summed E-state index contributed by atoms with van der Waals surface area (Å²) in [5.74, 6) is 1.52. The van der Waals surface area contributed by atoms with Gasteiger partial charge in [-0.05, 0) is 38.5 Å². The van der Waals surface area contributed by atoms with Crippen molar-refractivity contribution in [2.24, 2.45) is 0 Å². The Balaban J connectivity index is 1.71. The van der Waals surface area contributed by atoms with Crippen LogP contribution < -0.4 is 9.64 Å². The maximum Gasteiger partial charge on any atom is 0.132 e. The summed E-state index contributed by atoms with van der Waals surface area (Å²) in [4.78, 5) is 10.6. The molecule has 6 nitrogen and oxygen atoms in total. The number of aromatic amines is 1. The predicted octanol–water partition coefficient (Wildman–Crippen LogP) is 3.36. The summed E-state index contributed by atoms with van der Waals surface area (Å²) in [6.07, 6.45) is 1.36. The Morgan fingerprint density at radius 2 is 2.16 bits per heavy atom. The van der Waals surface area contributed by atoms with Gasteiger partial charge in [0.25, 0.3) is 0 Å². The van der Waals surface area contributed by atoms with Gasteiger partial charge >= 0.3 is 0 Å². The Hall–Kier alpha value is -2.70. The van der Waals surface area contributed by atoms with E-state index in [1.54, 1.807) is 0 Å². The van der Waals surface area contributed by atoms with Gasteiger partial charge < -0.3 is 9.64 Å². The topological polar surface area (TPSA) is 66.9 Å². The van der Waals surface area contributed by atoms with Crippen molar-refractivity contribution in [2.75, 3.05) is 18.0 Å². The van der Waals surface area contributed by atoms with E-state index in [4.69, 9.17) is 4.74 Å². The van der Waals surface area contributed by atoms with E-state index < -0.39 is 6.17 Å². The number of anilines is 1. The number of nitrogens with zero attached hydrogens (tertiary/aromatic N) is 4. The highest BCUT2D eigenvalue weighted by atomic mass is 19.1. The van der Waals surface area contributed by atoms with Crippen LogP contribution in [0.2, 0.25) is 0 Å². The predicted molar refractivity (Wildman–Crippen MR) is 94.6 cm³/mol. The molecule has 2 aromatic heterocycles. The maximum absolute atomic E-state index is 13.5. The molecule has 0 amide bonds. The number of hydrogen-bond donors (Lipinski definition) is 1. The number of ether oxygens (including phenoxy) is 1. The van der Waals surface area contributed by atoms with Gasteiger partial charge in [-0.1, -0.05) is 0 Å². The zero-order chi connectivity index (χ0) is 17.4. The maximum atomic E-state index is 13.5. The number of fused-ring (bicyclic) bond motifs is 1. The Morgan fingerprint density at radius 3 is 2.92 bits per heavy atom. The van der Waals surface area contributed by atoms with E-state index in [9.17, 15) is 4.39 Å². The molecule has 130 valence electrons. The van der Waals surface area contributed by atoms with Crippen LogP contribution in [-0.2, 0) is 0 Å². The highest BCUT2D eigenvalue weighted by Gasteiger charge is 2.23. The molecule has 3 heterocycles. The Labute approximate surface area is 145 Å². The van der Waals surface area contributed by atoms with Crippen LogP contribution in [-0.4, -0.2) is 45.5 Å². The molecule has 1 atom stereocenters. The van der Waals surface area contributed by atoms with E-state index >= 15 is 0 Å². The van der Waals surface area contributed by atoms with Gasteiger partial charge in [-0.3, -0.25) is 5.10 Å². The average molecular weight is 341 g/mol. The fraction of sp³-hybridized carbons (Fsp3) is 0.389. The van der Waals surface area contributed by atoms with Crippen LogP contribution in [0.15, 0.2) is 30.6 Å². The van der Waals surface area contributed by atoms with Crippen molar-refractivity contribution >= 4 is 16.7 Å². The van der Waals surface area contributed by atoms with E-state index in [0.29, 0.717) is 25.2 Å².